The summed E-state index contributed by atoms with van der Waals surface area (Å²) >= 11 is 1.53. The molecule has 10 heteroatoms. The van der Waals surface area contributed by atoms with E-state index in [0.717, 1.165) is 35.2 Å². The fourth-order valence-electron chi connectivity index (χ4n) is 4.15. The van der Waals surface area contributed by atoms with E-state index in [4.69, 9.17) is 14.2 Å². The van der Waals surface area contributed by atoms with Gasteiger partial charge in [0.2, 0.25) is 21.9 Å². The van der Waals surface area contributed by atoms with Gasteiger partial charge >= 0.3 is 0 Å². The molecular weight excluding hydrogens is 466 g/mol. The molecule has 35 heavy (non-hydrogen) atoms. The quantitative estimate of drug-likeness (QED) is 0.425. The average molecular weight is 500 g/mol. The third-order valence-corrected chi connectivity index (χ3v) is 6.72. The van der Waals surface area contributed by atoms with Gasteiger partial charge in [-0.15, -0.1) is 10.2 Å². The summed E-state index contributed by atoms with van der Waals surface area (Å²) in [7, 11) is 0. The zero-order valence-electron chi connectivity index (χ0n) is 20.5. The molecule has 1 amide bonds. The van der Waals surface area contributed by atoms with Crippen LogP contribution >= 0.6 is 11.3 Å². The summed E-state index contributed by atoms with van der Waals surface area (Å²) in [6.07, 6.45) is 5.68. The monoisotopic (exact) mass is 499 g/mol. The highest BCUT2D eigenvalue weighted by molar-refractivity contribution is 7.17. The zero-order chi connectivity index (χ0) is 24.6. The number of nitrogens with zero attached hydrogens (tertiary/aromatic N) is 4. The first kappa shape index (κ1) is 24.8. The van der Waals surface area contributed by atoms with Gasteiger partial charge in [-0.3, -0.25) is 9.36 Å². The summed E-state index contributed by atoms with van der Waals surface area (Å²) in [4.78, 5) is 15.2. The lowest BCUT2D eigenvalue weighted by atomic mass is 9.97. The molecule has 0 unspecified atom stereocenters. The molecule has 4 rings (SSSR count). The average Bonchev–Trinajstić information content (AvgIpc) is 3.57. The van der Waals surface area contributed by atoms with E-state index in [2.05, 4.69) is 20.4 Å². The van der Waals surface area contributed by atoms with E-state index in [1.807, 2.05) is 62.0 Å². The smallest absolute Gasteiger partial charge is 0.225 e. The van der Waals surface area contributed by atoms with Gasteiger partial charge in [0.25, 0.3) is 0 Å². The van der Waals surface area contributed by atoms with Crippen LogP contribution < -0.4 is 24.4 Å². The Morgan fingerprint density at radius 2 is 1.69 bits per heavy atom. The maximum atomic E-state index is 13.1. The fraction of sp³-hybridized carbons (Fsp3) is 0.480. The van der Waals surface area contributed by atoms with Gasteiger partial charge in [0.15, 0.2) is 11.5 Å². The van der Waals surface area contributed by atoms with Gasteiger partial charge in [-0.2, -0.15) is 0 Å². The van der Waals surface area contributed by atoms with Crippen LogP contribution in [0.4, 0.5) is 5.13 Å². The molecule has 0 spiro atoms. The first-order chi connectivity index (χ1) is 17.1. The van der Waals surface area contributed by atoms with Gasteiger partial charge in [-0.05, 0) is 63.4 Å². The number of hydrogen-bond acceptors (Lipinski definition) is 8. The number of amides is 1. The number of carbonyl (C=O) groups is 1. The van der Waals surface area contributed by atoms with Crippen molar-refractivity contribution in [2.24, 2.45) is 5.92 Å². The van der Waals surface area contributed by atoms with Crippen LogP contribution in [0.25, 0.3) is 5.13 Å². The van der Waals surface area contributed by atoms with Crippen molar-refractivity contribution >= 4 is 22.4 Å². The molecule has 3 aromatic rings. The molecule has 0 radical (unpaired) electrons. The molecule has 1 N–H and O–H groups in total. The van der Waals surface area contributed by atoms with E-state index in [0.29, 0.717) is 50.2 Å². The number of piperidine rings is 1. The fourth-order valence-corrected chi connectivity index (χ4v) is 4.99. The molecule has 1 saturated heterocycles. The molecule has 1 fully saturated rings. The van der Waals surface area contributed by atoms with E-state index in [-0.39, 0.29) is 11.8 Å². The zero-order valence-corrected chi connectivity index (χ0v) is 21.3. The molecule has 0 bridgehead atoms. The van der Waals surface area contributed by atoms with Crippen LogP contribution in [0.2, 0.25) is 0 Å². The van der Waals surface area contributed by atoms with Crippen molar-refractivity contribution < 1.29 is 19.0 Å². The summed E-state index contributed by atoms with van der Waals surface area (Å²) in [5.41, 5.74) is 0.904. The van der Waals surface area contributed by atoms with Crippen LogP contribution in [-0.4, -0.2) is 53.6 Å². The summed E-state index contributed by atoms with van der Waals surface area (Å²) < 4.78 is 19.3. The van der Waals surface area contributed by atoms with Gasteiger partial charge in [-0.1, -0.05) is 11.3 Å². The van der Waals surface area contributed by atoms with E-state index < -0.39 is 0 Å². The Hall–Kier alpha value is -3.27. The minimum Gasteiger partial charge on any atom is -0.490 e. The number of nitrogens with one attached hydrogen (secondary N) is 1. The van der Waals surface area contributed by atoms with E-state index in [1.165, 1.54) is 11.3 Å². The van der Waals surface area contributed by atoms with Crippen molar-refractivity contribution in [2.75, 3.05) is 37.8 Å². The first-order valence-corrected chi connectivity index (χ1v) is 13.0. The van der Waals surface area contributed by atoms with E-state index in [9.17, 15) is 4.79 Å². The highest BCUT2D eigenvalue weighted by Gasteiger charge is 2.28. The maximum absolute atomic E-state index is 13.1. The molecule has 3 heterocycles. The van der Waals surface area contributed by atoms with Crippen molar-refractivity contribution in [1.82, 2.24) is 20.1 Å². The van der Waals surface area contributed by atoms with Crippen LogP contribution in [0.3, 0.4) is 0 Å². The van der Waals surface area contributed by atoms with Crippen LogP contribution in [-0.2, 0) is 11.3 Å². The second-order valence-electron chi connectivity index (χ2n) is 8.18. The molecule has 1 atom stereocenters. The molecule has 1 aliphatic rings. The summed E-state index contributed by atoms with van der Waals surface area (Å²) in [5, 5.41) is 13.4. The Kier molecular flexibility index (Phi) is 8.46. The number of aromatic nitrogens is 3. The van der Waals surface area contributed by atoms with Crippen molar-refractivity contribution in [3.05, 3.63) is 42.2 Å². The largest absolute Gasteiger partial charge is 0.490 e. The minimum atomic E-state index is -0.108. The molecule has 0 saturated carbocycles. The van der Waals surface area contributed by atoms with E-state index in [1.54, 1.807) is 0 Å². The second kappa shape index (κ2) is 11.9. The van der Waals surface area contributed by atoms with Gasteiger partial charge < -0.3 is 24.4 Å². The third-order valence-electron chi connectivity index (χ3n) is 5.73. The number of benzene rings is 1. The highest BCUT2D eigenvalue weighted by Crippen LogP contribution is 2.39. The molecule has 1 aliphatic heterocycles. The maximum Gasteiger partial charge on any atom is 0.225 e. The predicted octanol–water partition coefficient (Wildman–Crippen LogP) is 4.06. The lowest BCUT2D eigenvalue weighted by Crippen LogP contribution is -2.43. The van der Waals surface area contributed by atoms with Crippen molar-refractivity contribution in [3.63, 3.8) is 0 Å². The standard InChI is InChI=1S/C25H33N5O4S/c1-4-32-20-14-18(15-21(33-5-2)22(20)34-6-3)16-26-23(31)19-10-9-13-30(17-19)25-28-27-24(35-25)29-11-7-8-12-29/h7-8,11-12,14-15,19H,4-6,9-10,13,16-17H2,1-3H3,(H,26,31)/t19-/m1/s1. The molecule has 2 aromatic heterocycles. The Morgan fingerprint density at radius 3 is 2.34 bits per heavy atom. The normalized spacial score (nSPS) is 15.6. The van der Waals surface area contributed by atoms with Gasteiger partial charge in [0.1, 0.15) is 0 Å². The van der Waals surface area contributed by atoms with Crippen LogP contribution in [0.15, 0.2) is 36.7 Å². The number of anilines is 1. The Labute approximate surface area is 210 Å². The van der Waals surface area contributed by atoms with Crippen LogP contribution in [0.5, 0.6) is 17.2 Å². The second-order valence-corrected chi connectivity index (χ2v) is 9.12. The number of ether oxygens (including phenoxy) is 3. The van der Waals surface area contributed by atoms with Gasteiger partial charge in [-0.25, -0.2) is 0 Å². The first-order valence-electron chi connectivity index (χ1n) is 12.2. The summed E-state index contributed by atoms with van der Waals surface area (Å²) in [5.74, 6) is 1.79. The molecule has 9 nitrogen and oxygen atoms in total. The van der Waals surface area contributed by atoms with Gasteiger partial charge in [0.05, 0.1) is 25.7 Å². The number of hydrogen-bond donors (Lipinski definition) is 1. The van der Waals surface area contributed by atoms with Crippen molar-refractivity contribution in [3.8, 4) is 22.4 Å². The van der Waals surface area contributed by atoms with Gasteiger partial charge in [0, 0.05) is 32.0 Å². The lowest BCUT2D eigenvalue weighted by Gasteiger charge is -2.31. The Morgan fingerprint density at radius 1 is 1.03 bits per heavy atom. The molecule has 188 valence electrons. The van der Waals surface area contributed by atoms with Crippen LogP contribution in [0, 0.1) is 5.92 Å². The summed E-state index contributed by atoms with van der Waals surface area (Å²) in [6.45, 7) is 9.21. The molecule has 0 aliphatic carbocycles. The van der Waals surface area contributed by atoms with Crippen molar-refractivity contribution in [1.29, 1.82) is 0 Å². The number of rotatable bonds is 11. The Bertz CT molecular complexity index is 1070. The minimum absolute atomic E-state index is 0.0367. The predicted molar refractivity (Wildman–Crippen MR) is 136 cm³/mol. The number of carbonyl (C=O) groups excluding carboxylic acids is 1. The summed E-state index contributed by atoms with van der Waals surface area (Å²) in [6, 6.07) is 7.74. The third kappa shape index (κ3) is 6.05. The van der Waals surface area contributed by atoms with Crippen molar-refractivity contribution in [2.45, 2.75) is 40.2 Å². The lowest BCUT2D eigenvalue weighted by molar-refractivity contribution is -0.125. The topological polar surface area (TPSA) is 90.7 Å². The SMILES string of the molecule is CCOc1cc(CNC(=O)[C@@H]2CCCN(c3nnc(-n4cccc4)s3)C2)cc(OCC)c1OCC. The van der Waals surface area contributed by atoms with Crippen LogP contribution in [0.1, 0.15) is 39.2 Å². The van der Waals surface area contributed by atoms with E-state index >= 15 is 0 Å². The Balaban J connectivity index is 1.40. The molecule has 1 aromatic carbocycles. The molecular formula is C25H33N5O4S. The highest BCUT2D eigenvalue weighted by atomic mass is 32.1.